The summed E-state index contributed by atoms with van der Waals surface area (Å²) in [6.07, 6.45) is 0. The topological polar surface area (TPSA) is 130 Å². The minimum Gasteiger partial charge on any atom is -0.507 e. The molecule has 8 nitrogen and oxygen atoms in total. The fraction of sp³-hybridized carbons (Fsp3) is 0. The van der Waals surface area contributed by atoms with E-state index < -0.39 is 5.91 Å². The Bertz CT molecular complexity index is 515. The molecule has 0 saturated heterocycles. The van der Waals surface area contributed by atoms with Gasteiger partial charge in [-0.05, 0) is 23.4 Å². The molecule has 0 radical (unpaired) electrons. The van der Waals surface area contributed by atoms with Crippen LogP contribution in [0.2, 0.25) is 0 Å². The van der Waals surface area contributed by atoms with Crippen molar-refractivity contribution >= 4 is 34.5 Å². The molecule has 2 aromatic rings. The Morgan fingerprint density at radius 2 is 2.24 bits per heavy atom. The smallest absolute Gasteiger partial charge is 0.270 e. The van der Waals surface area contributed by atoms with Gasteiger partial charge in [0.2, 0.25) is 0 Å². The van der Waals surface area contributed by atoms with Gasteiger partial charge in [0, 0.05) is 5.69 Å². The molecule has 0 saturated carbocycles. The first kappa shape index (κ1) is 12.9. The van der Waals surface area contributed by atoms with Crippen molar-refractivity contribution < 1.29 is 9.90 Å². The number of phenolic OH excluding ortho intramolecular Hbond substituents is 1. The molecule has 2 rings (SSSR count). The van der Waals surface area contributed by atoms with Crippen LogP contribution in [0, 0.1) is 0 Å². The number of nitrogens with zero attached hydrogens (tertiary/aromatic N) is 3. The summed E-state index contributed by atoms with van der Waals surface area (Å²) in [7, 11) is 0. The van der Waals surface area contributed by atoms with E-state index in [-0.39, 0.29) is 34.2 Å². The number of benzene rings is 1. The monoisotopic (exact) mass is 300 g/mol. The Morgan fingerprint density at radius 1 is 1.47 bits per heavy atom. The average molecular weight is 301 g/mol. The Morgan fingerprint density at radius 3 is 2.88 bits per heavy atom. The number of carbonyl (C=O) groups is 1. The molecule has 9 heteroatoms. The maximum atomic E-state index is 11.6. The molecular formula is C8H9BrN6O2. The lowest BCUT2D eigenvalue weighted by Crippen LogP contribution is -2.13. The van der Waals surface area contributed by atoms with Gasteiger partial charge in [-0.3, -0.25) is 10.1 Å². The molecule has 5 N–H and O–H groups in total. The van der Waals surface area contributed by atoms with Crippen molar-refractivity contribution in [3.63, 3.8) is 0 Å². The molecule has 0 aliphatic rings. The van der Waals surface area contributed by atoms with E-state index in [2.05, 4.69) is 25.9 Å². The fourth-order valence-corrected chi connectivity index (χ4v) is 1.12. The predicted molar refractivity (Wildman–Crippen MR) is 65.0 cm³/mol. The summed E-state index contributed by atoms with van der Waals surface area (Å²) < 4.78 is 0. The van der Waals surface area contributed by atoms with Gasteiger partial charge in [-0.2, -0.15) is 5.21 Å². The van der Waals surface area contributed by atoms with E-state index in [0.29, 0.717) is 5.69 Å². The summed E-state index contributed by atoms with van der Waals surface area (Å²) in [5.41, 5.74) is 5.92. The molecule has 0 fully saturated rings. The second-order valence-electron chi connectivity index (χ2n) is 2.97. The molecule has 0 bridgehead atoms. The Hall–Kier alpha value is -2.16. The van der Waals surface area contributed by atoms with Crippen molar-refractivity contribution in [2.24, 2.45) is 0 Å². The summed E-state index contributed by atoms with van der Waals surface area (Å²) in [4.78, 5) is 11.6. The number of phenols is 1. The van der Waals surface area contributed by atoms with Crippen molar-refractivity contribution in [1.29, 1.82) is 0 Å². The van der Waals surface area contributed by atoms with Gasteiger partial charge in [-0.1, -0.05) is 5.10 Å². The number of nitrogen functional groups attached to an aromatic ring is 1. The van der Waals surface area contributed by atoms with Crippen LogP contribution in [0.5, 0.6) is 5.75 Å². The lowest BCUT2D eigenvalue weighted by molar-refractivity contribution is 0.102. The molecule has 0 aliphatic heterocycles. The highest BCUT2D eigenvalue weighted by atomic mass is 79.9. The van der Waals surface area contributed by atoms with Crippen LogP contribution in [-0.4, -0.2) is 31.6 Å². The third-order valence-electron chi connectivity index (χ3n) is 1.84. The first-order chi connectivity index (χ1) is 7.66. The molecule has 0 atom stereocenters. The second kappa shape index (κ2) is 5.25. The molecular weight excluding hydrogens is 292 g/mol. The number of carbonyl (C=O) groups excluding carboxylic acids is 1. The van der Waals surface area contributed by atoms with E-state index in [1.807, 2.05) is 0 Å². The van der Waals surface area contributed by atoms with Gasteiger partial charge >= 0.3 is 0 Å². The number of aromatic hydroxyl groups is 1. The van der Waals surface area contributed by atoms with Crippen LogP contribution in [-0.2, 0) is 0 Å². The first-order valence-corrected chi connectivity index (χ1v) is 4.30. The second-order valence-corrected chi connectivity index (χ2v) is 2.97. The zero-order valence-electron chi connectivity index (χ0n) is 8.41. The molecule has 1 heterocycles. The average Bonchev–Trinajstić information content (AvgIpc) is 2.74. The molecule has 0 unspecified atom stereocenters. The number of halogens is 1. The zero-order chi connectivity index (χ0) is 11.5. The number of H-pyrrole nitrogens is 1. The summed E-state index contributed by atoms with van der Waals surface area (Å²) >= 11 is 0. The minimum atomic E-state index is -0.564. The maximum absolute atomic E-state index is 11.6. The van der Waals surface area contributed by atoms with Gasteiger partial charge in [0.25, 0.3) is 11.9 Å². The molecule has 17 heavy (non-hydrogen) atoms. The van der Waals surface area contributed by atoms with Crippen LogP contribution < -0.4 is 11.1 Å². The summed E-state index contributed by atoms with van der Waals surface area (Å²) in [5.74, 6) is -0.715. The number of nitrogens with one attached hydrogen (secondary N) is 2. The standard InChI is InChI=1S/C8H8N6O2.BrH/c9-4-1-2-6(15)5(3-4)7(16)10-8-11-13-14-12-8;/h1-3,15H,9H2,(H2,10,11,12,13,14,16);1H. The fourth-order valence-electron chi connectivity index (χ4n) is 1.12. The lowest BCUT2D eigenvalue weighted by atomic mass is 10.1. The number of amides is 1. The largest absolute Gasteiger partial charge is 0.507 e. The van der Waals surface area contributed by atoms with Gasteiger partial charge in [0.05, 0.1) is 5.56 Å². The summed E-state index contributed by atoms with van der Waals surface area (Å²) in [5, 5.41) is 24.3. The number of aromatic nitrogens is 4. The Balaban J connectivity index is 0.00000144. The van der Waals surface area contributed by atoms with E-state index in [4.69, 9.17) is 5.73 Å². The number of hydrogen-bond donors (Lipinski definition) is 4. The Labute approximate surface area is 106 Å². The quantitative estimate of drug-likeness (QED) is 0.467. The van der Waals surface area contributed by atoms with Gasteiger partial charge < -0.3 is 10.8 Å². The number of rotatable bonds is 2. The molecule has 0 spiro atoms. The Kier molecular flexibility index (Phi) is 3.99. The van der Waals surface area contributed by atoms with Crippen LogP contribution in [0.15, 0.2) is 18.2 Å². The van der Waals surface area contributed by atoms with E-state index in [9.17, 15) is 9.90 Å². The van der Waals surface area contributed by atoms with Gasteiger partial charge in [0.1, 0.15) is 5.75 Å². The van der Waals surface area contributed by atoms with Crippen molar-refractivity contribution in [2.75, 3.05) is 11.1 Å². The molecule has 1 aromatic carbocycles. The number of nitrogens with two attached hydrogens (primary N) is 1. The predicted octanol–water partition coefficient (Wildman–Crippen LogP) is 0.318. The van der Waals surface area contributed by atoms with Gasteiger partial charge in [-0.25, -0.2) is 0 Å². The summed E-state index contributed by atoms with van der Waals surface area (Å²) in [6.45, 7) is 0. The highest BCUT2D eigenvalue weighted by Crippen LogP contribution is 2.20. The van der Waals surface area contributed by atoms with E-state index in [1.165, 1.54) is 18.2 Å². The lowest BCUT2D eigenvalue weighted by Gasteiger charge is -2.04. The first-order valence-electron chi connectivity index (χ1n) is 4.30. The number of hydrogen-bond acceptors (Lipinski definition) is 6. The van der Waals surface area contributed by atoms with Crippen LogP contribution in [0.4, 0.5) is 11.6 Å². The summed E-state index contributed by atoms with van der Waals surface area (Å²) in [6, 6.07) is 4.17. The van der Waals surface area contributed by atoms with Crippen molar-refractivity contribution in [3.05, 3.63) is 23.8 Å². The molecule has 1 amide bonds. The highest BCUT2D eigenvalue weighted by Gasteiger charge is 2.13. The molecule has 1 aromatic heterocycles. The van der Waals surface area contributed by atoms with E-state index in [1.54, 1.807) is 0 Å². The van der Waals surface area contributed by atoms with Crippen LogP contribution in [0.25, 0.3) is 0 Å². The SMILES string of the molecule is Br.Nc1ccc(O)c(C(=O)Nc2nn[nH]n2)c1. The normalized spacial score (nSPS) is 9.41. The van der Waals surface area contributed by atoms with Crippen LogP contribution in [0.1, 0.15) is 10.4 Å². The maximum Gasteiger partial charge on any atom is 0.270 e. The third-order valence-corrected chi connectivity index (χ3v) is 1.84. The van der Waals surface area contributed by atoms with Crippen LogP contribution >= 0.6 is 17.0 Å². The number of tetrazole rings is 1. The minimum absolute atomic E-state index is 0. The highest BCUT2D eigenvalue weighted by molar-refractivity contribution is 8.93. The number of aromatic amines is 1. The van der Waals surface area contributed by atoms with E-state index in [0.717, 1.165) is 0 Å². The van der Waals surface area contributed by atoms with Crippen molar-refractivity contribution in [3.8, 4) is 5.75 Å². The molecule has 90 valence electrons. The van der Waals surface area contributed by atoms with Gasteiger partial charge in [-0.15, -0.1) is 22.1 Å². The van der Waals surface area contributed by atoms with Crippen molar-refractivity contribution in [1.82, 2.24) is 20.6 Å². The van der Waals surface area contributed by atoms with E-state index >= 15 is 0 Å². The number of anilines is 2. The van der Waals surface area contributed by atoms with Gasteiger partial charge in [0.15, 0.2) is 0 Å². The van der Waals surface area contributed by atoms with Crippen molar-refractivity contribution in [2.45, 2.75) is 0 Å². The van der Waals surface area contributed by atoms with Crippen LogP contribution in [0.3, 0.4) is 0 Å². The third kappa shape index (κ3) is 2.91. The zero-order valence-corrected chi connectivity index (χ0v) is 10.1. The molecule has 0 aliphatic carbocycles.